The number of nitrogens with zero attached hydrogens (tertiary/aromatic N) is 5. The lowest BCUT2D eigenvalue weighted by atomic mass is 10.2. The molecule has 0 saturated carbocycles. The van der Waals surface area contributed by atoms with Crippen molar-refractivity contribution in [3.05, 3.63) is 28.8 Å². The zero-order chi connectivity index (χ0) is 14.0. The van der Waals surface area contributed by atoms with Gasteiger partial charge >= 0.3 is 5.97 Å². The lowest BCUT2D eigenvalue weighted by molar-refractivity contribution is 0.0689. The first-order valence-corrected chi connectivity index (χ1v) is 6.18. The zero-order valence-electron chi connectivity index (χ0n) is 11.3. The van der Waals surface area contributed by atoms with Crippen molar-refractivity contribution >= 4 is 5.97 Å². The summed E-state index contributed by atoms with van der Waals surface area (Å²) in [6.07, 6.45) is 1.49. The van der Waals surface area contributed by atoms with E-state index in [1.807, 2.05) is 27.0 Å². The van der Waals surface area contributed by atoms with Gasteiger partial charge in [-0.2, -0.15) is 5.10 Å². The van der Waals surface area contributed by atoms with Gasteiger partial charge in [0.1, 0.15) is 0 Å². The molecule has 0 spiro atoms. The van der Waals surface area contributed by atoms with Gasteiger partial charge in [0.05, 0.1) is 23.6 Å². The van der Waals surface area contributed by atoms with E-state index in [1.165, 1.54) is 0 Å². The average molecular weight is 263 g/mol. The fourth-order valence-corrected chi connectivity index (χ4v) is 2.08. The van der Waals surface area contributed by atoms with Crippen molar-refractivity contribution in [2.45, 2.75) is 33.2 Å². The Labute approximate surface area is 110 Å². The molecular weight excluding hydrogens is 246 g/mol. The van der Waals surface area contributed by atoms with Crippen LogP contribution in [0.25, 0.3) is 0 Å². The summed E-state index contributed by atoms with van der Waals surface area (Å²) in [5.41, 5.74) is 2.60. The second kappa shape index (κ2) is 5.21. The molecule has 19 heavy (non-hydrogen) atoms. The summed E-state index contributed by atoms with van der Waals surface area (Å²) in [4.78, 5) is 11.1. The third-order valence-electron chi connectivity index (χ3n) is 2.94. The molecule has 0 amide bonds. The lowest BCUT2D eigenvalue weighted by Gasteiger charge is -2.06. The van der Waals surface area contributed by atoms with E-state index in [2.05, 4.69) is 15.4 Å². The van der Waals surface area contributed by atoms with Gasteiger partial charge in [-0.15, -0.1) is 5.10 Å². The fraction of sp³-hybridized carbons (Fsp3) is 0.500. The van der Waals surface area contributed by atoms with Gasteiger partial charge in [-0.05, 0) is 19.4 Å². The van der Waals surface area contributed by atoms with Crippen molar-refractivity contribution in [2.24, 2.45) is 7.05 Å². The number of carboxylic acids is 1. The highest BCUT2D eigenvalue weighted by Crippen LogP contribution is 2.12. The lowest BCUT2D eigenvalue weighted by Crippen LogP contribution is -2.11. The molecule has 0 aliphatic heterocycles. The molecule has 2 heterocycles. The van der Waals surface area contributed by atoms with Gasteiger partial charge in [-0.3, -0.25) is 4.68 Å². The molecule has 0 bridgehead atoms. The molecule has 0 atom stereocenters. The highest BCUT2D eigenvalue weighted by Gasteiger charge is 2.18. The highest BCUT2D eigenvalue weighted by molar-refractivity contribution is 5.86. The summed E-state index contributed by atoms with van der Waals surface area (Å²) in [7, 11) is 1.86. The predicted molar refractivity (Wildman–Crippen MR) is 68.0 cm³/mol. The number of hydrogen-bond acceptors (Lipinski definition) is 4. The van der Waals surface area contributed by atoms with Crippen LogP contribution in [-0.4, -0.2) is 35.9 Å². The van der Waals surface area contributed by atoms with E-state index < -0.39 is 5.97 Å². The van der Waals surface area contributed by atoms with E-state index in [-0.39, 0.29) is 5.69 Å². The second-order valence-electron chi connectivity index (χ2n) is 4.50. The first-order chi connectivity index (χ1) is 9.02. The first kappa shape index (κ1) is 13.3. The number of rotatable bonds is 5. The molecule has 0 saturated heterocycles. The summed E-state index contributed by atoms with van der Waals surface area (Å²) in [6, 6.07) is 1.96. The number of carboxylic acid groups (broad SMARTS) is 1. The van der Waals surface area contributed by atoms with Gasteiger partial charge < -0.3 is 5.11 Å². The van der Waals surface area contributed by atoms with Crippen LogP contribution in [0.15, 0.2) is 6.07 Å². The van der Waals surface area contributed by atoms with E-state index in [1.54, 1.807) is 9.36 Å². The maximum absolute atomic E-state index is 11.1. The van der Waals surface area contributed by atoms with E-state index in [9.17, 15) is 4.79 Å². The molecular formula is C12H17N5O2. The van der Waals surface area contributed by atoms with Crippen molar-refractivity contribution in [1.82, 2.24) is 24.8 Å². The third kappa shape index (κ3) is 2.64. The summed E-state index contributed by atoms with van der Waals surface area (Å²) in [5.74, 6) is -1.03. The quantitative estimate of drug-likeness (QED) is 0.870. The summed E-state index contributed by atoms with van der Waals surface area (Å²) >= 11 is 0. The van der Waals surface area contributed by atoms with Gasteiger partial charge in [0, 0.05) is 7.05 Å². The molecule has 2 aromatic rings. The van der Waals surface area contributed by atoms with E-state index in [4.69, 9.17) is 5.11 Å². The van der Waals surface area contributed by atoms with Crippen LogP contribution in [0, 0.1) is 6.92 Å². The minimum absolute atomic E-state index is 0.0424. The van der Waals surface area contributed by atoms with Gasteiger partial charge in [0.2, 0.25) is 0 Å². The highest BCUT2D eigenvalue weighted by atomic mass is 16.4. The molecule has 0 aliphatic carbocycles. The van der Waals surface area contributed by atoms with Gasteiger partial charge in [-0.25, -0.2) is 9.48 Å². The van der Waals surface area contributed by atoms with Crippen LogP contribution in [0.4, 0.5) is 0 Å². The topological polar surface area (TPSA) is 85.8 Å². The van der Waals surface area contributed by atoms with Crippen LogP contribution in [0.5, 0.6) is 0 Å². The van der Waals surface area contributed by atoms with Crippen LogP contribution in [0.2, 0.25) is 0 Å². The number of carbonyl (C=O) groups is 1. The van der Waals surface area contributed by atoms with Crippen molar-refractivity contribution < 1.29 is 9.90 Å². The Bertz CT molecular complexity index is 599. The van der Waals surface area contributed by atoms with E-state index in [0.717, 1.165) is 17.8 Å². The average Bonchev–Trinajstić information content (AvgIpc) is 2.85. The third-order valence-corrected chi connectivity index (χ3v) is 2.94. The maximum atomic E-state index is 11.1. The SMILES string of the molecule is CCCc1c(C(=O)O)nnn1Cc1cc(C)nn1C. The Morgan fingerprint density at radius 1 is 1.47 bits per heavy atom. The molecule has 0 fully saturated rings. The molecule has 0 radical (unpaired) electrons. The molecule has 0 unspecified atom stereocenters. The van der Waals surface area contributed by atoms with Crippen molar-refractivity contribution in [1.29, 1.82) is 0 Å². The van der Waals surface area contributed by atoms with Crippen LogP contribution < -0.4 is 0 Å². The first-order valence-electron chi connectivity index (χ1n) is 6.18. The van der Waals surface area contributed by atoms with Crippen molar-refractivity contribution in [3.63, 3.8) is 0 Å². The van der Waals surface area contributed by atoms with Crippen LogP contribution in [0.3, 0.4) is 0 Å². The fourth-order valence-electron chi connectivity index (χ4n) is 2.08. The smallest absolute Gasteiger partial charge is 0.358 e. The number of hydrogen-bond donors (Lipinski definition) is 1. The molecule has 0 aliphatic rings. The minimum Gasteiger partial charge on any atom is -0.476 e. The Kier molecular flexibility index (Phi) is 3.64. The second-order valence-corrected chi connectivity index (χ2v) is 4.50. The normalized spacial score (nSPS) is 10.9. The largest absolute Gasteiger partial charge is 0.476 e. The molecule has 7 nitrogen and oxygen atoms in total. The number of aryl methyl sites for hydroxylation is 2. The van der Waals surface area contributed by atoms with Crippen LogP contribution in [0.1, 0.15) is 40.9 Å². The molecule has 1 N–H and O–H groups in total. The molecule has 2 rings (SSSR count). The standard InChI is InChI=1S/C12H17N5O2/c1-4-5-10-11(12(18)19)13-15-17(10)7-9-6-8(2)14-16(9)3/h6H,4-5,7H2,1-3H3,(H,18,19). The zero-order valence-corrected chi connectivity index (χ0v) is 11.3. The van der Waals surface area contributed by atoms with Crippen molar-refractivity contribution in [2.75, 3.05) is 0 Å². The molecule has 2 aromatic heterocycles. The molecule has 102 valence electrons. The summed E-state index contributed by atoms with van der Waals surface area (Å²) in [6.45, 7) is 4.39. The predicted octanol–water partition coefficient (Wildman–Crippen LogP) is 1.02. The van der Waals surface area contributed by atoms with Crippen LogP contribution in [-0.2, 0) is 20.0 Å². The number of aromatic nitrogens is 5. The van der Waals surface area contributed by atoms with Gasteiger partial charge in [0.25, 0.3) is 0 Å². The Balaban J connectivity index is 2.34. The Hall–Kier alpha value is -2.18. The minimum atomic E-state index is -1.03. The monoisotopic (exact) mass is 263 g/mol. The Morgan fingerprint density at radius 2 is 2.21 bits per heavy atom. The van der Waals surface area contributed by atoms with E-state index in [0.29, 0.717) is 18.7 Å². The van der Waals surface area contributed by atoms with Crippen molar-refractivity contribution in [3.8, 4) is 0 Å². The van der Waals surface area contributed by atoms with Crippen LogP contribution >= 0.6 is 0 Å². The van der Waals surface area contributed by atoms with Gasteiger partial charge in [-0.1, -0.05) is 18.6 Å². The summed E-state index contributed by atoms with van der Waals surface area (Å²) in [5, 5.41) is 21.1. The van der Waals surface area contributed by atoms with Gasteiger partial charge in [0.15, 0.2) is 5.69 Å². The summed E-state index contributed by atoms with van der Waals surface area (Å²) < 4.78 is 3.41. The molecule has 0 aromatic carbocycles. The Morgan fingerprint density at radius 3 is 2.74 bits per heavy atom. The maximum Gasteiger partial charge on any atom is 0.358 e. The number of aromatic carboxylic acids is 1. The molecule has 7 heteroatoms. The van der Waals surface area contributed by atoms with E-state index >= 15 is 0 Å².